The molecule has 1 aliphatic rings. The fourth-order valence-electron chi connectivity index (χ4n) is 5.08. The number of carbonyl (C=O) groups is 3. The maximum absolute atomic E-state index is 13.8. The molecule has 0 radical (unpaired) electrons. The Bertz CT molecular complexity index is 1380. The van der Waals surface area contributed by atoms with Crippen LogP contribution in [0.25, 0.3) is 0 Å². The molecule has 0 bridgehead atoms. The summed E-state index contributed by atoms with van der Waals surface area (Å²) in [7, 11) is 0. The van der Waals surface area contributed by atoms with Crippen molar-refractivity contribution in [2.75, 3.05) is 11.6 Å². The van der Waals surface area contributed by atoms with Gasteiger partial charge in [-0.05, 0) is 49.1 Å². The van der Waals surface area contributed by atoms with Crippen molar-refractivity contribution >= 4 is 29.4 Å². The van der Waals surface area contributed by atoms with Gasteiger partial charge < -0.3 is 26.2 Å². The van der Waals surface area contributed by atoms with E-state index in [9.17, 15) is 24.6 Å². The number of ketones is 1. The lowest BCUT2D eigenvalue weighted by atomic mass is 9.81. The summed E-state index contributed by atoms with van der Waals surface area (Å²) in [6.07, 6.45) is -1.81. The molecule has 4 rings (SSSR count). The Morgan fingerprint density at radius 2 is 1.65 bits per heavy atom. The zero-order valence-corrected chi connectivity index (χ0v) is 23.7. The molecule has 1 heterocycles. The van der Waals surface area contributed by atoms with Gasteiger partial charge in [0.2, 0.25) is 5.91 Å². The van der Waals surface area contributed by atoms with E-state index in [4.69, 9.17) is 5.73 Å². The third-order valence-electron chi connectivity index (χ3n) is 7.59. The number of aliphatic hydroxyl groups excluding tert-OH is 1. The minimum atomic E-state index is -1.81. The van der Waals surface area contributed by atoms with Crippen molar-refractivity contribution < 1.29 is 24.6 Å². The van der Waals surface area contributed by atoms with Gasteiger partial charge in [-0.25, -0.2) is 0 Å². The number of hydrogen-bond donors (Lipinski definition) is 4. The average Bonchev–Trinajstić information content (AvgIpc) is 3.44. The second-order valence-electron chi connectivity index (χ2n) is 10.1. The van der Waals surface area contributed by atoms with Crippen LogP contribution in [-0.4, -0.2) is 56.5 Å². The molecule has 3 aromatic rings. The van der Waals surface area contributed by atoms with Crippen molar-refractivity contribution in [2.24, 2.45) is 11.7 Å². The SMILES string of the molecule is Cc1cccc(C)c1CNC(=O)[C@@H]1CSCN1C(=O)C(O)C(C(=O)c1cccc(O)c1C)C(N)c1ccccc1. The maximum Gasteiger partial charge on any atom is 0.253 e. The Labute approximate surface area is 238 Å². The summed E-state index contributed by atoms with van der Waals surface area (Å²) >= 11 is 1.40. The van der Waals surface area contributed by atoms with Crippen molar-refractivity contribution in [3.63, 3.8) is 0 Å². The molecule has 1 aliphatic heterocycles. The first-order valence-electron chi connectivity index (χ1n) is 13.1. The molecule has 4 atom stereocenters. The summed E-state index contributed by atoms with van der Waals surface area (Å²) in [6, 6.07) is 17.4. The van der Waals surface area contributed by atoms with Gasteiger partial charge in [-0.15, -0.1) is 11.8 Å². The number of rotatable bonds is 9. The number of aliphatic hydroxyl groups is 1. The predicted molar refractivity (Wildman–Crippen MR) is 156 cm³/mol. The first-order chi connectivity index (χ1) is 19.1. The lowest BCUT2D eigenvalue weighted by Gasteiger charge is -2.32. The minimum Gasteiger partial charge on any atom is -0.508 e. The van der Waals surface area contributed by atoms with E-state index in [1.54, 1.807) is 37.3 Å². The average molecular weight is 562 g/mol. The highest BCUT2D eigenvalue weighted by Gasteiger charge is 2.44. The number of aromatic hydroxyl groups is 1. The molecule has 0 aromatic heterocycles. The van der Waals surface area contributed by atoms with E-state index in [0.29, 0.717) is 23.4 Å². The molecule has 5 N–H and O–H groups in total. The summed E-state index contributed by atoms with van der Waals surface area (Å²) in [5, 5.41) is 24.6. The van der Waals surface area contributed by atoms with E-state index >= 15 is 0 Å². The first-order valence-corrected chi connectivity index (χ1v) is 14.3. The van der Waals surface area contributed by atoms with E-state index in [1.165, 1.54) is 34.9 Å². The lowest BCUT2D eigenvalue weighted by Crippen LogP contribution is -2.53. The zero-order chi connectivity index (χ0) is 29.0. The highest BCUT2D eigenvalue weighted by atomic mass is 32.2. The Balaban J connectivity index is 1.59. The number of amides is 2. The molecule has 9 heteroatoms. The van der Waals surface area contributed by atoms with Crippen LogP contribution >= 0.6 is 11.8 Å². The number of thioether (sulfide) groups is 1. The van der Waals surface area contributed by atoms with Crippen molar-refractivity contribution in [1.82, 2.24) is 10.2 Å². The Morgan fingerprint density at radius 3 is 2.33 bits per heavy atom. The maximum atomic E-state index is 13.8. The molecule has 40 heavy (non-hydrogen) atoms. The molecule has 3 aromatic carbocycles. The van der Waals surface area contributed by atoms with E-state index < -0.39 is 35.8 Å². The van der Waals surface area contributed by atoms with Gasteiger partial charge in [0.25, 0.3) is 5.91 Å². The quantitative estimate of drug-likeness (QED) is 0.294. The number of nitrogens with two attached hydrogens (primary N) is 1. The highest BCUT2D eigenvalue weighted by Crippen LogP contribution is 2.32. The van der Waals surface area contributed by atoms with Crippen LogP contribution < -0.4 is 11.1 Å². The standard InChI is InChI=1S/C31H35N3O5S/c1-18-9-7-10-19(2)23(18)15-33-30(38)24-16-40-17-34(24)31(39)29(37)26(27(32)21-11-5-4-6-12-21)28(36)22-13-8-14-25(35)20(22)3/h4-14,24,26-27,29,35,37H,15-17,32H2,1-3H3,(H,33,38)/t24-,26?,27?,29?/m0/s1. The number of Topliss-reactive ketones (excluding diaryl/α,β-unsaturated/α-hetero) is 1. The fourth-order valence-corrected chi connectivity index (χ4v) is 6.24. The summed E-state index contributed by atoms with van der Waals surface area (Å²) in [4.78, 5) is 42.1. The van der Waals surface area contributed by atoms with Gasteiger partial charge in [0, 0.05) is 29.5 Å². The van der Waals surface area contributed by atoms with Gasteiger partial charge in [-0.2, -0.15) is 0 Å². The van der Waals surface area contributed by atoms with Crippen LogP contribution in [0.1, 0.15) is 44.2 Å². The van der Waals surface area contributed by atoms with Crippen LogP contribution in [0.3, 0.4) is 0 Å². The van der Waals surface area contributed by atoms with Crippen LogP contribution in [-0.2, 0) is 16.1 Å². The lowest BCUT2D eigenvalue weighted by molar-refractivity contribution is -0.146. The third kappa shape index (κ3) is 6.06. The summed E-state index contributed by atoms with van der Waals surface area (Å²) in [5.41, 5.74) is 10.7. The second kappa shape index (κ2) is 12.7. The third-order valence-corrected chi connectivity index (χ3v) is 8.60. The molecule has 3 unspecified atom stereocenters. The van der Waals surface area contributed by atoms with Crippen molar-refractivity contribution in [1.29, 1.82) is 0 Å². The molecule has 0 aliphatic carbocycles. The fraction of sp³-hybridized carbons (Fsp3) is 0.323. The van der Waals surface area contributed by atoms with Crippen LogP contribution in [0.5, 0.6) is 5.75 Å². The molecule has 0 spiro atoms. The number of hydrogen-bond acceptors (Lipinski definition) is 7. The second-order valence-corrected chi connectivity index (χ2v) is 11.1. The normalized spacial score (nSPS) is 17.2. The Morgan fingerprint density at radius 1 is 1.00 bits per heavy atom. The molecular formula is C31H35N3O5S. The van der Waals surface area contributed by atoms with Crippen molar-refractivity contribution in [2.45, 2.75) is 45.5 Å². The topological polar surface area (TPSA) is 133 Å². The smallest absolute Gasteiger partial charge is 0.253 e. The zero-order valence-electron chi connectivity index (χ0n) is 22.8. The van der Waals surface area contributed by atoms with Gasteiger partial charge in [-0.3, -0.25) is 14.4 Å². The van der Waals surface area contributed by atoms with Gasteiger partial charge in [0.1, 0.15) is 17.9 Å². The Hall–Kier alpha value is -3.66. The van der Waals surface area contributed by atoms with E-state index in [-0.39, 0.29) is 23.1 Å². The van der Waals surface area contributed by atoms with Crippen LogP contribution in [0, 0.1) is 26.7 Å². The van der Waals surface area contributed by atoms with Gasteiger partial charge in [0.15, 0.2) is 5.78 Å². The number of phenols is 1. The van der Waals surface area contributed by atoms with E-state index in [0.717, 1.165) is 16.7 Å². The molecule has 1 saturated heterocycles. The predicted octanol–water partition coefficient (Wildman–Crippen LogP) is 3.40. The summed E-state index contributed by atoms with van der Waals surface area (Å²) in [6.45, 7) is 5.87. The van der Waals surface area contributed by atoms with Gasteiger partial charge in [-0.1, -0.05) is 60.7 Å². The minimum absolute atomic E-state index is 0.0738. The van der Waals surface area contributed by atoms with Gasteiger partial charge in [0.05, 0.1) is 11.8 Å². The molecule has 1 fully saturated rings. The van der Waals surface area contributed by atoms with E-state index in [2.05, 4.69) is 5.32 Å². The largest absolute Gasteiger partial charge is 0.508 e. The number of benzene rings is 3. The van der Waals surface area contributed by atoms with Gasteiger partial charge >= 0.3 is 0 Å². The van der Waals surface area contributed by atoms with Crippen LogP contribution in [0.4, 0.5) is 0 Å². The molecule has 210 valence electrons. The number of nitrogens with one attached hydrogen (secondary N) is 1. The van der Waals surface area contributed by atoms with Crippen LogP contribution in [0.2, 0.25) is 0 Å². The van der Waals surface area contributed by atoms with Crippen molar-refractivity contribution in [3.05, 3.63) is 100 Å². The Kier molecular flexibility index (Phi) is 9.29. The molecular weight excluding hydrogens is 526 g/mol. The number of phenolic OH excluding ortho intramolecular Hbond substituents is 1. The molecule has 0 saturated carbocycles. The highest BCUT2D eigenvalue weighted by molar-refractivity contribution is 7.99. The first kappa shape index (κ1) is 29.3. The summed E-state index contributed by atoms with van der Waals surface area (Å²) in [5.74, 6) is -2.48. The molecule has 8 nitrogen and oxygen atoms in total. The van der Waals surface area contributed by atoms with Crippen LogP contribution in [0.15, 0.2) is 66.7 Å². The van der Waals surface area contributed by atoms with Crippen molar-refractivity contribution in [3.8, 4) is 5.75 Å². The monoisotopic (exact) mass is 561 g/mol. The number of aryl methyl sites for hydroxylation is 2. The number of nitrogens with zero attached hydrogens (tertiary/aromatic N) is 1. The number of carbonyl (C=O) groups excluding carboxylic acids is 3. The summed E-state index contributed by atoms with van der Waals surface area (Å²) < 4.78 is 0. The van der Waals surface area contributed by atoms with E-state index in [1.807, 2.05) is 32.0 Å². The molecule has 2 amide bonds.